The molecule has 0 N–H and O–H groups in total. The van der Waals surface area contributed by atoms with Crippen molar-refractivity contribution in [3.63, 3.8) is 0 Å². The Kier molecular flexibility index (Phi) is 4.98. The number of carbonyl (C=O) groups is 1. The van der Waals surface area contributed by atoms with Gasteiger partial charge in [0.15, 0.2) is 0 Å². The smallest absolute Gasteiger partial charge is 0.243 e. The number of carbonyl (C=O) groups excluding carboxylic acids is 1. The lowest BCUT2D eigenvalue weighted by molar-refractivity contribution is -0.132. The van der Waals surface area contributed by atoms with Crippen molar-refractivity contribution in [1.29, 1.82) is 0 Å². The van der Waals surface area contributed by atoms with Crippen LogP contribution in [0.25, 0.3) is 0 Å². The van der Waals surface area contributed by atoms with Crippen LogP contribution in [0.5, 0.6) is 0 Å². The Labute approximate surface area is 142 Å². The Morgan fingerprint density at radius 1 is 1.09 bits per heavy atom. The Morgan fingerprint density at radius 3 is 2.39 bits per heavy atom. The van der Waals surface area contributed by atoms with Gasteiger partial charge < -0.3 is 4.90 Å². The van der Waals surface area contributed by atoms with E-state index in [1.165, 1.54) is 4.31 Å². The minimum Gasteiger partial charge on any atom is -0.341 e. The van der Waals surface area contributed by atoms with E-state index in [2.05, 4.69) is 0 Å². The van der Waals surface area contributed by atoms with E-state index >= 15 is 0 Å². The molecule has 23 heavy (non-hydrogen) atoms. The lowest BCUT2D eigenvalue weighted by Gasteiger charge is -2.22. The molecule has 2 fully saturated rings. The number of hydrogen-bond acceptors (Lipinski definition) is 4. The van der Waals surface area contributed by atoms with Gasteiger partial charge in [0.05, 0.1) is 4.90 Å². The van der Waals surface area contributed by atoms with E-state index in [0.29, 0.717) is 37.5 Å². The maximum absolute atomic E-state index is 12.8. The molecule has 0 aromatic heterocycles. The second kappa shape index (κ2) is 6.83. The van der Waals surface area contributed by atoms with Crippen LogP contribution < -0.4 is 0 Å². The van der Waals surface area contributed by atoms with Gasteiger partial charge in [0.25, 0.3) is 0 Å². The first-order valence-corrected chi connectivity index (χ1v) is 10.6. The summed E-state index contributed by atoms with van der Waals surface area (Å²) in [5.74, 6) is 0.394. The molecule has 0 unspecified atom stereocenters. The number of nitrogens with zero attached hydrogens (tertiary/aromatic N) is 2. The Morgan fingerprint density at radius 2 is 1.78 bits per heavy atom. The number of hydrogen-bond donors (Lipinski definition) is 0. The third kappa shape index (κ3) is 3.72. The van der Waals surface area contributed by atoms with Gasteiger partial charge in [0.1, 0.15) is 0 Å². The van der Waals surface area contributed by atoms with Gasteiger partial charge >= 0.3 is 0 Å². The standard InChI is InChI=1S/C16H22N2O3S2/c1-22-14-5-7-15(8-6-14)23(20,21)18-10-2-9-17(11-12-18)16(19)13-3-4-13/h5-8,13H,2-4,9-12H2,1H3. The highest BCUT2D eigenvalue weighted by Gasteiger charge is 2.35. The van der Waals surface area contributed by atoms with Crippen molar-refractivity contribution in [2.45, 2.75) is 29.1 Å². The van der Waals surface area contributed by atoms with Crippen molar-refractivity contribution in [2.24, 2.45) is 5.92 Å². The van der Waals surface area contributed by atoms with Gasteiger partial charge in [0.2, 0.25) is 15.9 Å². The van der Waals surface area contributed by atoms with Gasteiger partial charge in [-0.25, -0.2) is 8.42 Å². The van der Waals surface area contributed by atoms with Crippen LogP contribution in [0.3, 0.4) is 0 Å². The van der Waals surface area contributed by atoms with E-state index in [0.717, 1.165) is 17.7 Å². The minimum atomic E-state index is -3.48. The molecule has 1 amide bonds. The lowest BCUT2D eigenvalue weighted by Crippen LogP contribution is -2.37. The molecule has 1 aliphatic carbocycles. The summed E-state index contributed by atoms with van der Waals surface area (Å²) in [5.41, 5.74) is 0. The second-order valence-electron chi connectivity index (χ2n) is 6.03. The predicted molar refractivity (Wildman–Crippen MR) is 90.9 cm³/mol. The lowest BCUT2D eigenvalue weighted by atomic mass is 10.3. The van der Waals surface area contributed by atoms with Crippen LogP contribution in [-0.2, 0) is 14.8 Å². The van der Waals surface area contributed by atoms with Crippen LogP contribution in [0.1, 0.15) is 19.3 Å². The highest BCUT2D eigenvalue weighted by Crippen LogP contribution is 2.31. The van der Waals surface area contributed by atoms with Gasteiger partial charge in [-0.05, 0) is 49.8 Å². The van der Waals surface area contributed by atoms with E-state index in [1.54, 1.807) is 23.9 Å². The third-order valence-corrected chi connectivity index (χ3v) is 7.05. The average molecular weight is 354 g/mol. The first kappa shape index (κ1) is 16.8. The van der Waals surface area contributed by atoms with Crippen LogP contribution in [0.15, 0.2) is 34.1 Å². The highest BCUT2D eigenvalue weighted by molar-refractivity contribution is 7.98. The maximum atomic E-state index is 12.8. The number of benzene rings is 1. The highest BCUT2D eigenvalue weighted by atomic mass is 32.2. The Balaban J connectivity index is 1.70. The summed E-state index contributed by atoms with van der Waals surface area (Å²) in [6, 6.07) is 6.99. The summed E-state index contributed by atoms with van der Waals surface area (Å²) in [4.78, 5) is 15.4. The van der Waals surface area contributed by atoms with E-state index in [9.17, 15) is 13.2 Å². The third-order valence-electron chi connectivity index (χ3n) is 4.39. The summed E-state index contributed by atoms with van der Waals surface area (Å²) in [6.45, 7) is 2.01. The summed E-state index contributed by atoms with van der Waals surface area (Å²) in [5, 5.41) is 0. The molecule has 1 saturated heterocycles. The SMILES string of the molecule is CSc1ccc(S(=O)(=O)N2CCCN(C(=O)C3CC3)CC2)cc1. The fraction of sp³-hybridized carbons (Fsp3) is 0.562. The normalized spacial score (nSPS) is 20.3. The van der Waals surface area contributed by atoms with Gasteiger partial charge in [0, 0.05) is 37.0 Å². The van der Waals surface area contributed by atoms with Crippen LogP contribution >= 0.6 is 11.8 Å². The quantitative estimate of drug-likeness (QED) is 0.777. The average Bonchev–Trinajstić information content (AvgIpc) is 3.40. The van der Waals surface area contributed by atoms with Crippen molar-refractivity contribution in [1.82, 2.24) is 9.21 Å². The van der Waals surface area contributed by atoms with Crippen LogP contribution in [-0.4, -0.2) is 56.0 Å². The Bertz CT molecular complexity index is 669. The summed E-state index contributed by atoms with van der Waals surface area (Å²) < 4.78 is 27.1. The molecule has 1 aromatic carbocycles. The van der Waals surface area contributed by atoms with Gasteiger partial charge in [-0.15, -0.1) is 11.8 Å². The number of amides is 1. The monoisotopic (exact) mass is 354 g/mol. The molecule has 3 rings (SSSR count). The number of rotatable bonds is 4. The predicted octanol–water partition coefficient (Wildman–Crippen LogP) is 2.04. The molecule has 0 spiro atoms. The van der Waals surface area contributed by atoms with E-state index < -0.39 is 10.0 Å². The Hall–Kier alpha value is -1.05. The van der Waals surface area contributed by atoms with Crippen molar-refractivity contribution < 1.29 is 13.2 Å². The molecule has 1 aliphatic heterocycles. The minimum absolute atomic E-state index is 0.192. The molecule has 1 saturated carbocycles. The molecule has 2 aliphatic rings. The first-order chi connectivity index (χ1) is 11.0. The molecule has 0 radical (unpaired) electrons. The van der Waals surface area contributed by atoms with E-state index in [-0.39, 0.29) is 11.8 Å². The zero-order chi connectivity index (χ0) is 16.4. The molecular formula is C16H22N2O3S2. The number of thioether (sulfide) groups is 1. The largest absolute Gasteiger partial charge is 0.341 e. The molecule has 1 heterocycles. The van der Waals surface area contributed by atoms with Crippen molar-refractivity contribution in [2.75, 3.05) is 32.4 Å². The molecule has 126 valence electrons. The fourth-order valence-electron chi connectivity index (χ4n) is 2.84. The second-order valence-corrected chi connectivity index (χ2v) is 8.85. The van der Waals surface area contributed by atoms with Crippen molar-refractivity contribution >= 4 is 27.7 Å². The van der Waals surface area contributed by atoms with Gasteiger partial charge in [-0.1, -0.05) is 0 Å². The molecule has 7 heteroatoms. The van der Waals surface area contributed by atoms with Crippen LogP contribution in [0.2, 0.25) is 0 Å². The zero-order valence-electron chi connectivity index (χ0n) is 13.3. The molecule has 1 aromatic rings. The van der Waals surface area contributed by atoms with Gasteiger partial charge in [-0.3, -0.25) is 4.79 Å². The summed E-state index contributed by atoms with van der Waals surface area (Å²) >= 11 is 1.59. The fourth-order valence-corrected chi connectivity index (χ4v) is 4.72. The van der Waals surface area contributed by atoms with Crippen LogP contribution in [0.4, 0.5) is 0 Å². The molecule has 0 atom stereocenters. The summed E-state index contributed by atoms with van der Waals surface area (Å²) in [6.07, 6.45) is 4.63. The van der Waals surface area contributed by atoms with Gasteiger partial charge in [-0.2, -0.15) is 4.31 Å². The van der Waals surface area contributed by atoms with E-state index in [4.69, 9.17) is 0 Å². The molecule has 5 nitrogen and oxygen atoms in total. The summed E-state index contributed by atoms with van der Waals surface area (Å²) in [7, 11) is -3.48. The number of sulfonamides is 1. The van der Waals surface area contributed by atoms with Crippen LogP contribution in [0, 0.1) is 5.92 Å². The molecule has 0 bridgehead atoms. The molecular weight excluding hydrogens is 332 g/mol. The van der Waals surface area contributed by atoms with Crippen molar-refractivity contribution in [3.05, 3.63) is 24.3 Å². The maximum Gasteiger partial charge on any atom is 0.243 e. The topological polar surface area (TPSA) is 57.7 Å². The first-order valence-electron chi connectivity index (χ1n) is 7.95. The zero-order valence-corrected chi connectivity index (χ0v) is 14.9. The van der Waals surface area contributed by atoms with Crippen molar-refractivity contribution in [3.8, 4) is 0 Å². The van der Waals surface area contributed by atoms with E-state index in [1.807, 2.05) is 23.3 Å².